The Morgan fingerprint density at radius 2 is 2.08 bits per heavy atom. The van der Waals surface area contributed by atoms with E-state index in [1.165, 1.54) is 24.0 Å². The Balaban J connectivity index is 0.000000845. The molecule has 0 unspecified atom stereocenters. The fourth-order valence-corrected chi connectivity index (χ4v) is 1.51. The molecular formula is C11H16ClN. The van der Waals surface area contributed by atoms with Gasteiger partial charge in [-0.1, -0.05) is 24.3 Å². The first-order chi connectivity index (χ1) is 5.77. The molecule has 2 rings (SSSR count). The molecule has 1 aromatic carbocycles. The van der Waals surface area contributed by atoms with Crippen molar-refractivity contribution in [3.63, 3.8) is 0 Å². The van der Waals surface area contributed by atoms with Crippen LogP contribution in [0.4, 0.5) is 0 Å². The van der Waals surface area contributed by atoms with E-state index in [4.69, 9.17) is 5.73 Å². The molecule has 72 valence electrons. The summed E-state index contributed by atoms with van der Waals surface area (Å²) in [6, 6.07) is 8.86. The molecule has 0 aliphatic heterocycles. The first-order valence-electron chi connectivity index (χ1n) is 4.63. The minimum Gasteiger partial charge on any atom is -0.324 e. The average Bonchev–Trinajstić information content (AvgIpc) is 2.87. The fraction of sp³-hybridized carbons (Fsp3) is 0.455. The monoisotopic (exact) mass is 197 g/mol. The van der Waals surface area contributed by atoms with Gasteiger partial charge in [-0.2, -0.15) is 0 Å². The van der Waals surface area contributed by atoms with Crippen LogP contribution in [0.1, 0.15) is 42.9 Å². The lowest BCUT2D eigenvalue weighted by Crippen LogP contribution is -2.04. The lowest BCUT2D eigenvalue weighted by Gasteiger charge is -2.06. The Bertz CT molecular complexity index is 262. The number of rotatable bonds is 2. The summed E-state index contributed by atoms with van der Waals surface area (Å²) < 4.78 is 0. The summed E-state index contributed by atoms with van der Waals surface area (Å²) in [6.45, 7) is 2.03. The molecule has 0 heterocycles. The van der Waals surface area contributed by atoms with Gasteiger partial charge in [0.25, 0.3) is 0 Å². The number of hydrogen-bond donors (Lipinski definition) is 1. The minimum absolute atomic E-state index is 0. The highest BCUT2D eigenvalue weighted by atomic mass is 35.5. The van der Waals surface area contributed by atoms with Crippen molar-refractivity contribution in [3.05, 3.63) is 35.4 Å². The Morgan fingerprint density at radius 3 is 2.62 bits per heavy atom. The molecule has 1 aliphatic carbocycles. The highest BCUT2D eigenvalue weighted by Crippen LogP contribution is 2.40. The molecule has 1 saturated carbocycles. The van der Waals surface area contributed by atoms with Crippen molar-refractivity contribution < 1.29 is 0 Å². The molecule has 0 aromatic heterocycles. The molecule has 2 N–H and O–H groups in total. The molecule has 13 heavy (non-hydrogen) atoms. The largest absolute Gasteiger partial charge is 0.324 e. The van der Waals surface area contributed by atoms with E-state index in [1.54, 1.807) is 0 Å². The van der Waals surface area contributed by atoms with Crippen LogP contribution in [0.25, 0.3) is 0 Å². The molecule has 0 saturated heterocycles. The van der Waals surface area contributed by atoms with E-state index in [0.717, 1.165) is 5.92 Å². The normalized spacial score (nSPS) is 17.7. The smallest absolute Gasteiger partial charge is 0.0266 e. The third-order valence-corrected chi connectivity index (χ3v) is 2.49. The third kappa shape index (κ3) is 2.45. The Hall–Kier alpha value is -0.530. The van der Waals surface area contributed by atoms with Gasteiger partial charge >= 0.3 is 0 Å². The summed E-state index contributed by atoms with van der Waals surface area (Å²) in [5.41, 5.74) is 8.54. The van der Waals surface area contributed by atoms with Crippen LogP contribution in [0.2, 0.25) is 0 Å². The molecule has 0 bridgehead atoms. The summed E-state index contributed by atoms with van der Waals surface area (Å²) in [5, 5.41) is 0. The highest BCUT2D eigenvalue weighted by Gasteiger charge is 2.23. The summed E-state index contributed by atoms with van der Waals surface area (Å²) in [5.74, 6) is 0.837. The lowest BCUT2D eigenvalue weighted by molar-refractivity contribution is 0.815. The number of halogens is 1. The standard InChI is InChI=1S/C11H15N.ClH/c1-8(12)10-3-2-4-11(7-10)9-5-6-9;/h2-4,7-9H,5-6,12H2,1H3;1H/t8-;/m1./s1. The molecule has 1 atom stereocenters. The van der Waals surface area contributed by atoms with E-state index in [2.05, 4.69) is 24.3 Å². The van der Waals surface area contributed by atoms with E-state index < -0.39 is 0 Å². The minimum atomic E-state index is 0. The summed E-state index contributed by atoms with van der Waals surface area (Å²) in [6.07, 6.45) is 2.73. The van der Waals surface area contributed by atoms with Crippen molar-refractivity contribution in [1.82, 2.24) is 0 Å². The molecule has 1 aliphatic rings. The van der Waals surface area contributed by atoms with Crippen molar-refractivity contribution in [1.29, 1.82) is 0 Å². The lowest BCUT2D eigenvalue weighted by atomic mass is 10.0. The Kier molecular flexibility index (Phi) is 3.34. The first kappa shape index (κ1) is 10.6. The quantitative estimate of drug-likeness (QED) is 0.775. The topological polar surface area (TPSA) is 26.0 Å². The van der Waals surface area contributed by atoms with E-state index in [1.807, 2.05) is 6.92 Å². The predicted octanol–water partition coefficient (Wildman–Crippen LogP) is 3.01. The maximum atomic E-state index is 5.80. The fourth-order valence-electron chi connectivity index (χ4n) is 1.51. The van der Waals surface area contributed by atoms with Gasteiger partial charge in [0.1, 0.15) is 0 Å². The van der Waals surface area contributed by atoms with Crippen LogP contribution in [0.5, 0.6) is 0 Å². The van der Waals surface area contributed by atoms with Crippen LogP contribution in [-0.4, -0.2) is 0 Å². The van der Waals surface area contributed by atoms with Crippen LogP contribution in [0, 0.1) is 0 Å². The zero-order valence-corrected chi connectivity index (χ0v) is 8.68. The van der Waals surface area contributed by atoms with E-state index in [9.17, 15) is 0 Å². The molecule has 0 radical (unpaired) electrons. The zero-order valence-electron chi connectivity index (χ0n) is 7.86. The summed E-state index contributed by atoms with van der Waals surface area (Å²) in [4.78, 5) is 0. The molecule has 1 aromatic rings. The summed E-state index contributed by atoms with van der Waals surface area (Å²) >= 11 is 0. The van der Waals surface area contributed by atoms with Crippen molar-refractivity contribution in [2.75, 3.05) is 0 Å². The molecular weight excluding hydrogens is 182 g/mol. The maximum absolute atomic E-state index is 5.80. The second kappa shape index (κ2) is 4.12. The maximum Gasteiger partial charge on any atom is 0.0266 e. The third-order valence-electron chi connectivity index (χ3n) is 2.49. The molecule has 1 fully saturated rings. The molecule has 0 spiro atoms. The second-order valence-electron chi connectivity index (χ2n) is 3.73. The van der Waals surface area contributed by atoms with Gasteiger partial charge in [-0.25, -0.2) is 0 Å². The van der Waals surface area contributed by atoms with Crippen molar-refractivity contribution in [3.8, 4) is 0 Å². The van der Waals surface area contributed by atoms with Crippen molar-refractivity contribution in [2.45, 2.75) is 31.7 Å². The molecule has 1 nitrogen and oxygen atoms in total. The van der Waals surface area contributed by atoms with Crippen molar-refractivity contribution in [2.24, 2.45) is 5.73 Å². The van der Waals surface area contributed by atoms with Crippen LogP contribution >= 0.6 is 12.4 Å². The van der Waals surface area contributed by atoms with Gasteiger partial charge in [0, 0.05) is 6.04 Å². The van der Waals surface area contributed by atoms with E-state index in [0.29, 0.717) is 0 Å². The number of hydrogen-bond acceptors (Lipinski definition) is 1. The van der Waals surface area contributed by atoms with E-state index >= 15 is 0 Å². The van der Waals surface area contributed by atoms with Gasteiger partial charge in [-0.05, 0) is 36.8 Å². The average molecular weight is 198 g/mol. The Morgan fingerprint density at radius 1 is 1.38 bits per heavy atom. The predicted molar refractivity (Wildman–Crippen MR) is 58.3 cm³/mol. The van der Waals surface area contributed by atoms with Gasteiger partial charge in [0.05, 0.1) is 0 Å². The van der Waals surface area contributed by atoms with Crippen LogP contribution < -0.4 is 5.73 Å². The van der Waals surface area contributed by atoms with Gasteiger partial charge in [-0.15, -0.1) is 12.4 Å². The van der Waals surface area contributed by atoms with Gasteiger partial charge in [0.15, 0.2) is 0 Å². The van der Waals surface area contributed by atoms with Gasteiger partial charge in [0.2, 0.25) is 0 Å². The second-order valence-corrected chi connectivity index (χ2v) is 3.73. The SMILES string of the molecule is C[C@@H](N)c1cccc(C2CC2)c1.Cl. The highest BCUT2D eigenvalue weighted by molar-refractivity contribution is 5.85. The number of nitrogens with two attached hydrogens (primary N) is 1. The zero-order chi connectivity index (χ0) is 8.55. The van der Waals surface area contributed by atoms with Crippen LogP contribution in [0.3, 0.4) is 0 Å². The van der Waals surface area contributed by atoms with Gasteiger partial charge < -0.3 is 5.73 Å². The van der Waals surface area contributed by atoms with Gasteiger partial charge in [-0.3, -0.25) is 0 Å². The Labute approximate surface area is 85.7 Å². The van der Waals surface area contributed by atoms with E-state index in [-0.39, 0.29) is 18.4 Å². The molecule has 2 heteroatoms. The molecule has 0 amide bonds. The van der Waals surface area contributed by atoms with Crippen LogP contribution in [-0.2, 0) is 0 Å². The first-order valence-corrected chi connectivity index (χ1v) is 4.63. The van der Waals surface area contributed by atoms with Crippen LogP contribution in [0.15, 0.2) is 24.3 Å². The van der Waals surface area contributed by atoms with Crippen molar-refractivity contribution >= 4 is 12.4 Å². The summed E-state index contributed by atoms with van der Waals surface area (Å²) in [7, 11) is 0. The number of benzene rings is 1.